The lowest BCUT2D eigenvalue weighted by molar-refractivity contribution is 0.564. The number of hydrogen-bond acceptors (Lipinski definition) is 5. The predicted molar refractivity (Wildman–Crippen MR) is 75.8 cm³/mol. The van der Waals surface area contributed by atoms with Gasteiger partial charge in [-0.05, 0) is 18.6 Å². The average molecular weight is 306 g/mol. The molecule has 0 spiro atoms. The minimum atomic E-state index is -3.62. The SMILES string of the molecule is CC(CS(C)(=O)=O)NS(=O)(=O)Cc1ccccc1N. The Hall–Kier alpha value is -1.12. The summed E-state index contributed by atoms with van der Waals surface area (Å²) in [5.74, 6) is -0.510. The molecule has 1 unspecified atom stereocenters. The molecule has 108 valence electrons. The number of sulfone groups is 1. The van der Waals surface area contributed by atoms with E-state index in [9.17, 15) is 16.8 Å². The Bertz CT molecular complexity index is 638. The first kappa shape index (κ1) is 15.9. The van der Waals surface area contributed by atoms with Crippen LogP contribution in [-0.4, -0.2) is 34.9 Å². The quantitative estimate of drug-likeness (QED) is 0.726. The number of nitrogens with two attached hydrogens (primary N) is 1. The number of nitrogens with one attached hydrogen (secondary N) is 1. The van der Waals surface area contributed by atoms with Crippen molar-refractivity contribution < 1.29 is 16.8 Å². The summed E-state index contributed by atoms with van der Waals surface area (Å²) in [7, 11) is -6.85. The van der Waals surface area contributed by atoms with Crippen LogP contribution >= 0.6 is 0 Å². The molecule has 0 bridgehead atoms. The number of benzene rings is 1. The first-order valence-electron chi connectivity index (χ1n) is 5.60. The van der Waals surface area contributed by atoms with Crippen molar-refractivity contribution in [2.24, 2.45) is 0 Å². The zero-order chi connectivity index (χ0) is 14.7. The third-order valence-corrected chi connectivity index (χ3v) is 4.89. The van der Waals surface area contributed by atoms with Crippen molar-refractivity contribution in [2.45, 2.75) is 18.7 Å². The molecule has 1 rings (SSSR count). The summed E-state index contributed by atoms with van der Waals surface area (Å²) < 4.78 is 48.3. The molecule has 0 aromatic heterocycles. The molecule has 0 fully saturated rings. The van der Waals surface area contributed by atoms with Crippen LogP contribution in [0.1, 0.15) is 12.5 Å². The van der Waals surface area contributed by atoms with Gasteiger partial charge in [0.05, 0.1) is 11.5 Å². The monoisotopic (exact) mass is 306 g/mol. The molecule has 0 saturated carbocycles. The highest BCUT2D eigenvalue weighted by atomic mass is 32.2. The highest BCUT2D eigenvalue weighted by molar-refractivity contribution is 7.91. The molecule has 0 aliphatic rings. The molecule has 1 atom stereocenters. The van der Waals surface area contributed by atoms with Gasteiger partial charge in [0.2, 0.25) is 10.0 Å². The van der Waals surface area contributed by atoms with Crippen molar-refractivity contribution >= 4 is 25.5 Å². The topological polar surface area (TPSA) is 106 Å². The fourth-order valence-electron chi connectivity index (χ4n) is 1.71. The summed E-state index contributed by atoms with van der Waals surface area (Å²) in [6.45, 7) is 1.51. The van der Waals surface area contributed by atoms with E-state index in [2.05, 4.69) is 4.72 Å². The van der Waals surface area contributed by atoms with Gasteiger partial charge in [0, 0.05) is 18.0 Å². The van der Waals surface area contributed by atoms with Crippen molar-refractivity contribution in [1.82, 2.24) is 4.72 Å². The van der Waals surface area contributed by atoms with Crippen molar-refractivity contribution in [3.8, 4) is 0 Å². The van der Waals surface area contributed by atoms with Gasteiger partial charge in [-0.2, -0.15) is 0 Å². The van der Waals surface area contributed by atoms with E-state index >= 15 is 0 Å². The number of rotatable bonds is 6. The maximum Gasteiger partial charge on any atom is 0.216 e. The first-order chi connectivity index (χ1) is 8.59. The fraction of sp³-hybridized carbons (Fsp3) is 0.455. The number of para-hydroxylation sites is 1. The van der Waals surface area contributed by atoms with Crippen LogP contribution < -0.4 is 10.5 Å². The molecule has 0 amide bonds. The molecule has 3 N–H and O–H groups in total. The smallest absolute Gasteiger partial charge is 0.216 e. The van der Waals surface area contributed by atoms with E-state index in [0.29, 0.717) is 11.3 Å². The van der Waals surface area contributed by atoms with E-state index in [-0.39, 0.29) is 11.5 Å². The minimum Gasteiger partial charge on any atom is -0.398 e. The second-order valence-electron chi connectivity index (χ2n) is 4.57. The third-order valence-electron chi connectivity index (χ3n) is 2.33. The maximum atomic E-state index is 11.9. The van der Waals surface area contributed by atoms with E-state index in [1.165, 1.54) is 6.92 Å². The lowest BCUT2D eigenvalue weighted by Gasteiger charge is -2.13. The van der Waals surface area contributed by atoms with Gasteiger partial charge in [-0.1, -0.05) is 18.2 Å². The van der Waals surface area contributed by atoms with Gasteiger partial charge in [0.15, 0.2) is 0 Å². The second kappa shape index (κ2) is 5.89. The summed E-state index contributed by atoms with van der Waals surface area (Å²) >= 11 is 0. The molecule has 19 heavy (non-hydrogen) atoms. The molecular weight excluding hydrogens is 288 g/mol. The van der Waals surface area contributed by atoms with E-state index in [1.54, 1.807) is 24.3 Å². The standard InChI is InChI=1S/C11H18N2O4S2/c1-9(7-18(2,14)15)13-19(16,17)8-10-5-3-4-6-11(10)12/h3-6,9,13H,7-8,12H2,1-2H3. The Morgan fingerprint density at radius 1 is 1.21 bits per heavy atom. The maximum absolute atomic E-state index is 11.9. The second-order valence-corrected chi connectivity index (χ2v) is 8.51. The zero-order valence-electron chi connectivity index (χ0n) is 10.8. The fourth-order valence-corrected chi connectivity index (χ4v) is 4.26. The molecule has 0 aliphatic carbocycles. The highest BCUT2D eigenvalue weighted by Gasteiger charge is 2.19. The molecule has 8 heteroatoms. The van der Waals surface area contributed by atoms with Crippen LogP contribution in [0.3, 0.4) is 0 Å². The predicted octanol–water partition coefficient (Wildman–Crippen LogP) is 0.121. The van der Waals surface area contributed by atoms with E-state index in [0.717, 1.165) is 6.26 Å². The summed E-state index contributed by atoms with van der Waals surface area (Å²) in [6.07, 6.45) is 1.06. The Labute approximate surface area is 114 Å². The van der Waals surface area contributed by atoms with Gasteiger partial charge in [-0.3, -0.25) is 0 Å². The lowest BCUT2D eigenvalue weighted by atomic mass is 10.2. The lowest BCUT2D eigenvalue weighted by Crippen LogP contribution is -2.38. The summed E-state index contributed by atoms with van der Waals surface area (Å²) in [5, 5.41) is 0. The highest BCUT2D eigenvalue weighted by Crippen LogP contribution is 2.13. The Balaban J connectivity index is 2.75. The van der Waals surface area contributed by atoms with E-state index < -0.39 is 25.9 Å². The number of anilines is 1. The van der Waals surface area contributed by atoms with Crippen molar-refractivity contribution in [1.29, 1.82) is 0 Å². The molecule has 6 nitrogen and oxygen atoms in total. The average Bonchev–Trinajstić information content (AvgIpc) is 2.17. The van der Waals surface area contributed by atoms with Gasteiger partial charge >= 0.3 is 0 Å². The molecule has 1 aromatic carbocycles. The van der Waals surface area contributed by atoms with E-state index in [1.807, 2.05) is 0 Å². The van der Waals surface area contributed by atoms with Crippen LogP contribution in [0.25, 0.3) is 0 Å². The number of sulfonamides is 1. The summed E-state index contributed by atoms with van der Waals surface area (Å²) in [4.78, 5) is 0. The van der Waals surface area contributed by atoms with Gasteiger partial charge in [0.1, 0.15) is 9.84 Å². The van der Waals surface area contributed by atoms with Crippen LogP contribution in [0.2, 0.25) is 0 Å². The Morgan fingerprint density at radius 2 is 1.79 bits per heavy atom. The zero-order valence-corrected chi connectivity index (χ0v) is 12.5. The van der Waals surface area contributed by atoms with Crippen molar-refractivity contribution in [2.75, 3.05) is 17.7 Å². The van der Waals surface area contributed by atoms with Gasteiger partial charge in [-0.15, -0.1) is 0 Å². The Kier molecular flexibility index (Phi) is 4.94. The minimum absolute atomic E-state index is 0.240. The summed E-state index contributed by atoms with van der Waals surface area (Å²) in [6, 6.07) is 5.97. The third kappa shape index (κ3) is 6.04. The Morgan fingerprint density at radius 3 is 2.32 bits per heavy atom. The summed E-state index contributed by atoms with van der Waals surface area (Å²) in [5.41, 5.74) is 6.55. The normalized spacial score (nSPS) is 14.2. The first-order valence-corrected chi connectivity index (χ1v) is 9.31. The number of nitrogen functional groups attached to an aromatic ring is 1. The van der Waals surface area contributed by atoms with Crippen LogP contribution in [0.5, 0.6) is 0 Å². The van der Waals surface area contributed by atoms with Gasteiger partial charge in [-0.25, -0.2) is 21.6 Å². The van der Waals surface area contributed by atoms with Crippen molar-refractivity contribution in [3.05, 3.63) is 29.8 Å². The molecule has 1 aromatic rings. The largest absolute Gasteiger partial charge is 0.398 e. The molecular formula is C11H18N2O4S2. The van der Waals surface area contributed by atoms with Crippen LogP contribution in [0.4, 0.5) is 5.69 Å². The number of hydrogen-bond donors (Lipinski definition) is 2. The van der Waals surface area contributed by atoms with Crippen LogP contribution in [0, 0.1) is 0 Å². The van der Waals surface area contributed by atoms with Gasteiger partial charge in [0.25, 0.3) is 0 Å². The molecule has 0 aliphatic heterocycles. The van der Waals surface area contributed by atoms with Crippen LogP contribution in [0.15, 0.2) is 24.3 Å². The van der Waals surface area contributed by atoms with E-state index in [4.69, 9.17) is 5.73 Å². The molecule has 0 radical (unpaired) electrons. The molecule has 0 heterocycles. The molecule has 0 saturated heterocycles. The van der Waals surface area contributed by atoms with Crippen molar-refractivity contribution in [3.63, 3.8) is 0 Å². The van der Waals surface area contributed by atoms with Crippen LogP contribution in [-0.2, 0) is 25.6 Å². The van der Waals surface area contributed by atoms with Gasteiger partial charge < -0.3 is 5.73 Å².